The molecule has 3 rings (SSSR count). The number of hydrogen-bond donors (Lipinski definition) is 3. The monoisotopic (exact) mass is 433 g/mol. The molecule has 7 nitrogen and oxygen atoms in total. The molecule has 0 atom stereocenters. The highest BCUT2D eigenvalue weighted by Gasteiger charge is 2.16. The van der Waals surface area contributed by atoms with Crippen LogP contribution in [0.1, 0.15) is 25.6 Å². The molecule has 0 fully saturated rings. The van der Waals surface area contributed by atoms with Crippen LogP contribution in [0.25, 0.3) is 10.4 Å². The molecule has 29 heavy (non-hydrogen) atoms. The first-order valence-corrected chi connectivity index (χ1v) is 10.6. The van der Waals surface area contributed by atoms with Crippen LogP contribution < -0.4 is 16.0 Å². The Morgan fingerprint density at radius 3 is 2.28 bits per heavy atom. The number of nitrogens with two attached hydrogens (primary N) is 1. The number of thiophene rings is 1. The third-order valence-corrected chi connectivity index (χ3v) is 6.07. The number of halogens is 1. The van der Waals surface area contributed by atoms with Crippen LogP contribution >= 0.6 is 11.3 Å². The quantitative estimate of drug-likeness (QED) is 0.548. The molecule has 10 heteroatoms. The van der Waals surface area contributed by atoms with Crippen LogP contribution in [-0.2, 0) is 10.0 Å². The lowest BCUT2D eigenvalue weighted by atomic mass is 10.1. The molecule has 0 bridgehead atoms. The lowest BCUT2D eigenvalue weighted by molar-refractivity contribution is 0.0848. The fourth-order valence-corrected chi connectivity index (χ4v) is 3.94. The number of primary sulfonamides is 1. The van der Waals surface area contributed by atoms with E-state index in [0.29, 0.717) is 10.4 Å². The normalized spacial score (nSPS) is 11.1. The van der Waals surface area contributed by atoms with Gasteiger partial charge in [-0.2, -0.15) is 0 Å². The molecule has 1 aromatic heterocycles. The van der Waals surface area contributed by atoms with Gasteiger partial charge >= 0.3 is 0 Å². The third-order valence-electron chi connectivity index (χ3n) is 4.03. The van der Waals surface area contributed by atoms with Crippen molar-refractivity contribution < 1.29 is 22.4 Å². The Balaban J connectivity index is 1.70. The molecule has 0 saturated heterocycles. The predicted octanol–water partition coefficient (Wildman–Crippen LogP) is 2.58. The van der Waals surface area contributed by atoms with Crippen LogP contribution in [0.15, 0.2) is 59.5 Å². The van der Waals surface area contributed by atoms with Crippen molar-refractivity contribution in [1.82, 2.24) is 10.9 Å². The van der Waals surface area contributed by atoms with Gasteiger partial charge in [0, 0.05) is 10.4 Å². The van der Waals surface area contributed by atoms with E-state index in [1.807, 2.05) is 0 Å². The standard InChI is InChI=1S/C19H16FN3O4S2/c1-11-2-7-14(29(21,26)27)10-15(11)18(24)22-23-19(25)17-9-8-16(28-17)12-3-5-13(20)6-4-12/h2-10H,1H3,(H,22,24)(H,23,25)(H2,21,26,27). The Labute approximate surface area is 170 Å². The number of aryl methyl sites for hydroxylation is 1. The zero-order chi connectivity index (χ0) is 21.2. The van der Waals surface area contributed by atoms with Crippen LogP contribution in [0.4, 0.5) is 4.39 Å². The average molecular weight is 433 g/mol. The number of benzene rings is 2. The van der Waals surface area contributed by atoms with Crippen molar-refractivity contribution in [3.63, 3.8) is 0 Å². The van der Waals surface area contributed by atoms with Gasteiger partial charge in [-0.05, 0) is 54.4 Å². The van der Waals surface area contributed by atoms with Crippen LogP contribution in [-0.4, -0.2) is 20.2 Å². The van der Waals surface area contributed by atoms with E-state index < -0.39 is 21.8 Å². The van der Waals surface area contributed by atoms with E-state index in [0.717, 1.165) is 16.5 Å². The maximum atomic E-state index is 13.0. The first kappa shape index (κ1) is 20.6. The van der Waals surface area contributed by atoms with Crippen LogP contribution in [0.5, 0.6) is 0 Å². The van der Waals surface area contributed by atoms with Crippen molar-refractivity contribution in [2.75, 3.05) is 0 Å². The molecule has 0 aliphatic heterocycles. The number of nitrogens with one attached hydrogen (secondary N) is 2. The summed E-state index contributed by atoms with van der Waals surface area (Å²) in [5.41, 5.74) is 5.88. The van der Waals surface area contributed by atoms with Gasteiger partial charge < -0.3 is 0 Å². The summed E-state index contributed by atoms with van der Waals surface area (Å²) < 4.78 is 36.0. The summed E-state index contributed by atoms with van der Waals surface area (Å²) in [5.74, 6) is -1.58. The number of sulfonamides is 1. The van der Waals surface area contributed by atoms with E-state index in [1.54, 1.807) is 31.2 Å². The zero-order valence-corrected chi connectivity index (χ0v) is 16.7. The second-order valence-corrected chi connectivity index (χ2v) is 8.75. The summed E-state index contributed by atoms with van der Waals surface area (Å²) in [6, 6.07) is 13.0. The summed E-state index contributed by atoms with van der Waals surface area (Å²) in [5, 5.41) is 5.08. The molecular formula is C19H16FN3O4S2. The fourth-order valence-electron chi connectivity index (χ4n) is 2.49. The molecule has 0 saturated carbocycles. The van der Waals surface area contributed by atoms with Gasteiger partial charge in [0.1, 0.15) is 5.82 Å². The number of carbonyl (C=O) groups excluding carboxylic acids is 2. The molecule has 0 unspecified atom stereocenters. The van der Waals surface area contributed by atoms with E-state index in [2.05, 4.69) is 10.9 Å². The molecule has 4 N–H and O–H groups in total. The van der Waals surface area contributed by atoms with Gasteiger partial charge in [0.25, 0.3) is 11.8 Å². The topological polar surface area (TPSA) is 118 Å². The highest BCUT2D eigenvalue weighted by Crippen LogP contribution is 2.28. The smallest absolute Gasteiger partial charge is 0.267 e. The minimum atomic E-state index is -3.97. The van der Waals surface area contributed by atoms with E-state index in [4.69, 9.17) is 5.14 Å². The molecule has 2 amide bonds. The van der Waals surface area contributed by atoms with E-state index in [1.165, 1.54) is 35.6 Å². The number of carbonyl (C=O) groups is 2. The minimum absolute atomic E-state index is 0.0648. The molecule has 0 aliphatic carbocycles. The fraction of sp³-hybridized carbons (Fsp3) is 0.0526. The van der Waals surface area contributed by atoms with Crippen molar-refractivity contribution in [1.29, 1.82) is 0 Å². The van der Waals surface area contributed by atoms with Gasteiger partial charge in [-0.1, -0.05) is 18.2 Å². The maximum absolute atomic E-state index is 13.0. The van der Waals surface area contributed by atoms with Crippen molar-refractivity contribution >= 4 is 33.2 Å². The number of hydrazine groups is 1. The van der Waals surface area contributed by atoms with Crippen molar-refractivity contribution in [3.05, 3.63) is 76.4 Å². The Bertz CT molecular complexity index is 1190. The third kappa shape index (κ3) is 4.86. The second kappa shape index (κ2) is 8.11. The molecule has 2 aromatic carbocycles. The van der Waals surface area contributed by atoms with Gasteiger partial charge in [-0.15, -0.1) is 11.3 Å². The van der Waals surface area contributed by atoms with Crippen molar-refractivity contribution in [2.45, 2.75) is 11.8 Å². The molecule has 0 spiro atoms. The van der Waals surface area contributed by atoms with Crippen LogP contribution in [0, 0.1) is 12.7 Å². The molecule has 3 aromatic rings. The second-order valence-electron chi connectivity index (χ2n) is 6.10. The lowest BCUT2D eigenvalue weighted by Gasteiger charge is -2.09. The van der Waals surface area contributed by atoms with Gasteiger partial charge in [0.15, 0.2) is 0 Å². The predicted molar refractivity (Wildman–Crippen MR) is 107 cm³/mol. The first-order chi connectivity index (χ1) is 13.6. The zero-order valence-electron chi connectivity index (χ0n) is 15.1. The Hall–Kier alpha value is -3.08. The summed E-state index contributed by atoms with van der Waals surface area (Å²) in [7, 11) is -3.97. The van der Waals surface area contributed by atoms with Gasteiger partial charge in [-0.25, -0.2) is 17.9 Å². The van der Waals surface area contributed by atoms with Gasteiger partial charge in [-0.3, -0.25) is 20.4 Å². The Morgan fingerprint density at radius 1 is 0.966 bits per heavy atom. The van der Waals surface area contributed by atoms with E-state index in [-0.39, 0.29) is 16.3 Å². The van der Waals surface area contributed by atoms with Gasteiger partial charge in [0.05, 0.1) is 9.77 Å². The summed E-state index contributed by atoms with van der Waals surface area (Å²) >= 11 is 1.17. The van der Waals surface area contributed by atoms with Crippen molar-refractivity contribution in [2.24, 2.45) is 5.14 Å². The first-order valence-electron chi connectivity index (χ1n) is 8.25. The summed E-state index contributed by atoms with van der Waals surface area (Å²) in [6.07, 6.45) is 0. The summed E-state index contributed by atoms with van der Waals surface area (Å²) in [6.45, 7) is 1.62. The van der Waals surface area contributed by atoms with Crippen LogP contribution in [0.2, 0.25) is 0 Å². The molecular weight excluding hydrogens is 417 g/mol. The number of rotatable bonds is 4. The molecule has 0 aliphatic rings. The highest BCUT2D eigenvalue weighted by atomic mass is 32.2. The van der Waals surface area contributed by atoms with Gasteiger partial charge in [0.2, 0.25) is 10.0 Å². The molecule has 1 heterocycles. The van der Waals surface area contributed by atoms with E-state index in [9.17, 15) is 22.4 Å². The SMILES string of the molecule is Cc1ccc(S(N)(=O)=O)cc1C(=O)NNC(=O)c1ccc(-c2ccc(F)cc2)s1. The number of amides is 2. The molecule has 150 valence electrons. The van der Waals surface area contributed by atoms with E-state index >= 15 is 0 Å². The van der Waals surface area contributed by atoms with Crippen molar-refractivity contribution in [3.8, 4) is 10.4 Å². The minimum Gasteiger partial charge on any atom is -0.267 e. The Morgan fingerprint density at radius 2 is 1.62 bits per heavy atom. The summed E-state index contributed by atoms with van der Waals surface area (Å²) in [4.78, 5) is 25.5. The molecule has 0 radical (unpaired) electrons. The lowest BCUT2D eigenvalue weighted by Crippen LogP contribution is -2.41. The average Bonchev–Trinajstić information content (AvgIpc) is 3.16. The number of hydrogen-bond acceptors (Lipinski definition) is 5. The highest BCUT2D eigenvalue weighted by molar-refractivity contribution is 7.89. The maximum Gasteiger partial charge on any atom is 0.279 e. The van der Waals surface area contributed by atoms with Crippen LogP contribution in [0.3, 0.4) is 0 Å². The largest absolute Gasteiger partial charge is 0.279 e. The Kier molecular flexibility index (Phi) is 5.78.